The van der Waals surface area contributed by atoms with Crippen LogP contribution in [0.5, 0.6) is 0 Å². The first-order valence-corrected chi connectivity index (χ1v) is 5.40. The van der Waals surface area contributed by atoms with Crippen molar-refractivity contribution in [2.24, 2.45) is 10.7 Å². The third-order valence-corrected chi connectivity index (χ3v) is 2.18. The van der Waals surface area contributed by atoms with Crippen molar-refractivity contribution in [1.82, 2.24) is 0 Å². The third kappa shape index (κ3) is 3.72. The maximum Gasteiger partial charge on any atom is 0.221 e. The molecule has 0 unspecified atom stereocenters. The summed E-state index contributed by atoms with van der Waals surface area (Å²) in [5.41, 5.74) is 6.55. The van der Waals surface area contributed by atoms with Crippen molar-refractivity contribution in [3.05, 3.63) is 23.2 Å². The molecule has 0 aliphatic carbocycles. The van der Waals surface area contributed by atoms with Gasteiger partial charge < -0.3 is 11.1 Å². The molecular weight excluding hydrogens is 249 g/mol. The average molecular weight is 260 g/mol. The van der Waals surface area contributed by atoms with Gasteiger partial charge in [0.1, 0.15) is 5.84 Å². The van der Waals surface area contributed by atoms with Crippen LogP contribution >= 0.6 is 23.2 Å². The lowest BCUT2D eigenvalue weighted by Gasteiger charge is -2.07. The van der Waals surface area contributed by atoms with Gasteiger partial charge in [-0.05, 0) is 18.2 Å². The Balaban J connectivity index is 3.12. The van der Waals surface area contributed by atoms with Crippen molar-refractivity contribution in [3.8, 4) is 0 Å². The number of alkyl halides is 1. The number of carbonyl (C=O) groups excluding carboxylic acids is 1. The lowest BCUT2D eigenvalue weighted by atomic mass is 10.2. The lowest BCUT2D eigenvalue weighted by molar-refractivity contribution is -0.114. The molecule has 0 radical (unpaired) electrons. The number of halogens is 2. The fourth-order valence-corrected chi connectivity index (χ4v) is 1.30. The molecular formula is C10H11Cl2N3O. The zero-order valence-electron chi connectivity index (χ0n) is 8.63. The Kier molecular flexibility index (Phi) is 4.58. The summed E-state index contributed by atoms with van der Waals surface area (Å²) in [5, 5.41) is 3.14. The van der Waals surface area contributed by atoms with Crippen molar-refractivity contribution in [1.29, 1.82) is 0 Å². The summed E-state index contributed by atoms with van der Waals surface area (Å²) in [5.74, 6) is 0.185. The molecule has 4 nitrogen and oxygen atoms in total. The number of rotatable bonds is 3. The maximum absolute atomic E-state index is 11.0. The Morgan fingerprint density at radius 2 is 2.25 bits per heavy atom. The molecule has 0 heterocycles. The van der Waals surface area contributed by atoms with E-state index in [1.165, 1.54) is 6.92 Å². The molecule has 1 aromatic carbocycles. The first-order chi connectivity index (χ1) is 7.52. The second-order valence-electron chi connectivity index (χ2n) is 3.08. The van der Waals surface area contributed by atoms with Crippen LogP contribution in [-0.2, 0) is 4.79 Å². The van der Waals surface area contributed by atoms with Crippen LogP contribution in [0, 0.1) is 0 Å². The minimum Gasteiger partial charge on any atom is -0.386 e. The van der Waals surface area contributed by atoms with E-state index in [9.17, 15) is 4.79 Å². The highest BCUT2D eigenvalue weighted by Crippen LogP contribution is 2.28. The Hall–Kier alpha value is -1.26. The molecule has 0 atom stereocenters. The van der Waals surface area contributed by atoms with Crippen LogP contribution in [0.3, 0.4) is 0 Å². The predicted octanol–water partition coefficient (Wildman–Crippen LogP) is 2.53. The maximum atomic E-state index is 11.0. The highest BCUT2D eigenvalue weighted by Gasteiger charge is 2.04. The molecule has 0 aliphatic rings. The molecule has 86 valence electrons. The molecule has 0 aliphatic heterocycles. The van der Waals surface area contributed by atoms with E-state index in [1.54, 1.807) is 18.2 Å². The first-order valence-electron chi connectivity index (χ1n) is 4.49. The van der Waals surface area contributed by atoms with Gasteiger partial charge in [0.05, 0.1) is 17.3 Å². The van der Waals surface area contributed by atoms with Gasteiger partial charge in [0.15, 0.2) is 0 Å². The molecule has 1 amide bonds. The summed E-state index contributed by atoms with van der Waals surface area (Å²) >= 11 is 11.3. The van der Waals surface area contributed by atoms with Crippen LogP contribution < -0.4 is 11.1 Å². The number of nitrogens with zero attached hydrogens (tertiary/aromatic N) is 1. The Bertz CT molecular complexity index is 432. The second-order valence-corrected chi connectivity index (χ2v) is 3.78. The van der Waals surface area contributed by atoms with Gasteiger partial charge in [-0.2, -0.15) is 0 Å². The molecule has 0 saturated heterocycles. The van der Waals surface area contributed by atoms with Crippen molar-refractivity contribution < 1.29 is 4.79 Å². The van der Waals surface area contributed by atoms with E-state index in [2.05, 4.69) is 10.3 Å². The largest absolute Gasteiger partial charge is 0.386 e. The van der Waals surface area contributed by atoms with E-state index in [-0.39, 0.29) is 17.6 Å². The number of benzene rings is 1. The summed E-state index contributed by atoms with van der Waals surface area (Å²) in [4.78, 5) is 15.0. The van der Waals surface area contributed by atoms with Crippen LogP contribution in [0.15, 0.2) is 23.2 Å². The quantitative estimate of drug-likeness (QED) is 0.498. The van der Waals surface area contributed by atoms with E-state index in [1.807, 2.05) is 0 Å². The fourth-order valence-electron chi connectivity index (χ4n) is 1.08. The summed E-state index contributed by atoms with van der Waals surface area (Å²) in [6.45, 7) is 1.41. The van der Waals surface area contributed by atoms with Gasteiger partial charge in [-0.15, -0.1) is 11.6 Å². The summed E-state index contributed by atoms with van der Waals surface area (Å²) in [7, 11) is 0. The van der Waals surface area contributed by atoms with Crippen LogP contribution in [-0.4, -0.2) is 17.6 Å². The second kappa shape index (κ2) is 5.72. The molecule has 1 aromatic rings. The van der Waals surface area contributed by atoms with Gasteiger partial charge in [-0.1, -0.05) is 11.6 Å². The van der Waals surface area contributed by atoms with E-state index >= 15 is 0 Å². The van der Waals surface area contributed by atoms with Crippen molar-refractivity contribution in [3.63, 3.8) is 0 Å². The van der Waals surface area contributed by atoms with E-state index in [4.69, 9.17) is 28.9 Å². The normalized spacial score (nSPS) is 11.3. The van der Waals surface area contributed by atoms with Gasteiger partial charge >= 0.3 is 0 Å². The van der Waals surface area contributed by atoms with Crippen LogP contribution in [0.1, 0.15) is 6.92 Å². The Morgan fingerprint density at radius 3 is 2.81 bits per heavy atom. The molecule has 1 rings (SSSR count). The number of amides is 1. The van der Waals surface area contributed by atoms with Crippen LogP contribution in [0.4, 0.5) is 11.4 Å². The standard InChI is InChI=1S/C10H11Cl2N3O/c1-6(16)14-8-3-2-7(12)4-9(8)15-10(13)5-11/h2-4H,5H2,1H3,(H2,13,15)(H,14,16). The van der Waals surface area contributed by atoms with Crippen LogP contribution in [0.25, 0.3) is 0 Å². The van der Waals surface area contributed by atoms with Gasteiger partial charge in [-0.25, -0.2) is 4.99 Å². The Morgan fingerprint density at radius 1 is 1.56 bits per heavy atom. The minimum atomic E-state index is -0.191. The van der Waals surface area contributed by atoms with Crippen molar-refractivity contribution in [2.45, 2.75) is 6.92 Å². The number of carbonyl (C=O) groups is 1. The molecule has 6 heteroatoms. The molecule has 0 aromatic heterocycles. The van der Waals surface area contributed by atoms with Gasteiger partial charge in [-0.3, -0.25) is 4.79 Å². The lowest BCUT2D eigenvalue weighted by Crippen LogP contribution is -2.13. The van der Waals surface area contributed by atoms with E-state index < -0.39 is 0 Å². The highest BCUT2D eigenvalue weighted by molar-refractivity contribution is 6.31. The molecule has 16 heavy (non-hydrogen) atoms. The highest BCUT2D eigenvalue weighted by atomic mass is 35.5. The number of hydrogen-bond donors (Lipinski definition) is 2. The third-order valence-electron chi connectivity index (χ3n) is 1.67. The average Bonchev–Trinajstić information content (AvgIpc) is 2.21. The summed E-state index contributed by atoms with van der Waals surface area (Å²) in [6.07, 6.45) is 0. The molecule has 0 spiro atoms. The van der Waals surface area contributed by atoms with Crippen molar-refractivity contribution in [2.75, 3.05) is 11.2 Å². The van der Waals surface area contributed by atoms with Gasteiger partial charge in [0.2, 0.25) is 5.91 Å². The molecule has 0 saturated carbocycles. The molecule has 3 N–H and O–H groups in total. The van der Waals surface area contributed by atoms with Gasteiger partial charge in [0.25, 0.3) is 0 Å². The zero-order chi connectivity index (χ0) is 12.1. The molecule has 0 fully saturated rings. The number of nitrogens with two attached hydrogens (primary N) is 1. The number of nitrogens with one attached hydrogen (secondary N) is 1. The predicted molar refractivity (Wildman–Crippen MR) is 67.8 cm³/mol. The summed E-state index contributed by atoms with van der Waals surface area (Å²) in [6, 6.07) is 4.92. The monoisotopic (exact) mass is 259 g/mol. The number of anilines is 1. The van der Waals surface area contributed by atoms with E-state index in [0.717, 1.165) is 0 Å². The number of amidine groups is 1. The smallest absolute Gasteiger partial charge is 0.221 e. The SMILES string of the molecule is CC(=O)Nc1ccc(Cl)cc1N=C(N)CCl. The van der Waals surface area contributed by atoms with E-state index in [0.29, 0.717) is 16.4 Å². The van der Waals surface area contributed by atoms with Gasteiger partial charge in [0, 0.05) is 11.9 Å². The molecule has 0 bridgehead atoms. The fraction of sp³-hybridized carbons (Fsp3) is 0.200. The van der Waals surface area contributed by atoms with Crippen molar-refractivity contribution >= 4 is 46.3 Å². The van der Waals surface area contributed by atoms with Crippen LogP contribution in [0.2, 0.25) is 5.02 Å². The minimum absolute atomic E-state index is 0.117. The number of hydrogen-bond acceptors (Lipinski definition) is 2. The summed E-state index contributed by atoms with van der Waals surface area (Å²) < 4.78 is 0. The number of aliphatic imine (C=N–C) groups is 1. The topological polar surface area (TPSA) is 67.5 Å². The first kappa shape index (κ1) is 12.8. The Labute approximate surface area is 103 Å². The zero-order valence-corrected chi connectivity index (χ0v) is 10.1.